The van der Waals surface area contributed by atoms with Crippen LogP contribution in [0.4, 0.5) is 0 Å². The van der Waals surface area contributed by atoms with Crippen molar-refractivity contribution in [1.29, 1.82) is 0 Å². The lowest BCUT2D eigenvalue weighted by Crippen LogP contribution is -2.38. The minimum Gasteiger partial charge on any atom is -0.507 e. The van der Waals surface area contributed by atoms with Crippen molar-refractivity contribution in [1.82, 2.24) is 0 Å². The van der Waals surface area contributed by atoms with Gasteiger partial charge in [-0.3, -0.25) is 4.79 Å². The van der Waals surface area contributed by atoms with Crippen LogP contribution < -0.4 is 0 Å². The monoisotopic (exact) mass is 354 g/mol. The molecule has 1 aromatic carbocycles. The van der Waals surface area contributed by atoms with Crippen LogP contribution in [-0.4, -0.2) is 16.2 Å². The second-order valence-electron chi connectivity index (χ2n) is 7.05. The summed E-state index contributed by atoms with van der Waals surface area (Å²) in [5.74, 6) is -0.676. The maximum atomic E-state index is 12.0. The summed E-state index contributed by atoms with van der Waals surface area (Å²) >= 11 is 3.48. The van der Waals surface area contributed by atoms with E-state index in [1.54, 1.807) is 6.07 Å². The molecule has 0 aliphatic heterocycles. The Balaban J connectivity index is 2.67. The van der Waals surface area contributed by atoms with E-state index in [0.29, 0.717) is 18.4 Å². The highest BCUT2D eigenvalue weighted by Gasteiger charge is 2.44. The van der Waals surface area contributed by atoms with E-state index in [1.807, 2.05) is 26.8 Å². The van der Waals surface area contributed by atoms with Gasteiger partial charge in [-0.05, 0) is 30.4 Å². The van der Waals surface area contributed by atoms with Crippen molar-refractivity contribution in [2.75, 3.05) is 0 Å². The summed E-state index contributed by atoms with van der Waals surface area (Å²) in [7, 11) is 0. The van der Waals surface area contributed by atoms with Gasteiger partial charge in [0.15, 0.2) is 0 Å². The molecule has 0 radical (unpaired) electrons. The number of aliphatic carboxylic acids is 1. The number of carboxylic acids is 1. The molecule has 116 valence electrons. The highest BCUT2D eigenvalue weighted by molar-refractivity contribution is 9.10. The van der Waals surface area contributed by atoms with Gasteiger partial charge < -0.3 is 10.2 Å². The molecule has 2 rings (SSSR count). The van der Waals surface area contributed by atoms with Gasteiger partial charge in [0.2, 0.25) is 0 Å². The third-order valence-corrected chi connectivity index (χ3v) is 4.97. The zero-order valence-electron chi connectivity index (χ0n) is 12.9. The maximum Gasteiger partial charge on any atom is 0.314 e. The first-order chi connectivity index (χ1) is 9.68. The number of phenols is 1. The van der Waals surface area contributed by atoms with Gasteiger partial charge in [-0.15, -0.1) is 0 Å². The van der Waals surface area contributed by atoms with E-state index in [1.165, 1.54) is 0 Å². The molecular weight excluding hydrogens is 332 g/mol. The van der Waals surface area contributed by atoms with Gasteiger partial charge >= 0.3 is 5.97 Å². The van der Waals surface area contributed by atoms with E-state index in [9.17, 15) is 15.0 Å². The van der Waals surface area contributed by atoms with Gasteiger partial charge in [-0.2, -0.15) is 0 Å². The van der Waals surface area contributed by atoms with E-state index in [-0.39, 0.29) is 11.2 Å². The average Bonchev–Trinajstić information content (AvgIpc) is 2.40. The average molecular weight is 355 g/mol. The van der Waals surface area contributed by atoms with E-state index in [2.05, 4.69) is 15.9 Å². The summed E-state index contributed by atoms with van der Waals surface area (Å²) in [4.78, 5) is 12.0. The Morgan fingerprint density at radius 2 is 1.76 bits per heavy atom. The zero-order valence-corrected chi connectivity index (χ0v) is 14.5. The van der Waals surface area contributed by atoms with Gasteiger partial charge in [-0.25, -0.2) is 0 Å². The predicted octanol–water partition coefficient (Wildman–Crippen LogP) is 4.74. The minimum absolute atomic E-state index is 0.148. The minimum atomic E-state index is -0.952. The summed E-state index contributed by atoms with van der Waals surface area (Å²) in [5, 5.41) is 20.6. The normalized spacial score (nSPS) is 18.5. The highest BCUT2D eigenvalue weighted by atomic mass is 79.9. The molecule has 0 aromatic heterocycles. The van der Waals surface area contributed by atoms with Gasteiger partial charge in [-0.1, -0.05) is 56.0 Å². The smallest absolute Gasteiger partial charge is 0.314 e. The molecule has 0 heterocycles. The molecule has 21 heavy (non-hydrogen) atoms. The standard InChI is InChI=1S/C17H23BrO3/c1-16(2,3)12-9-11(18)10-13(14(12)19)17(15(20)21)7-5-4-6-8-17/h9-10,19H,4-8H2,1-3H3,(H,20,21). The topological polar surface area (TPSA) is 57.5 Å². The third-order valence-electron chi connectivity index (χ3n) is 4.51. The fourth-order valence-electron chi connectivity index (χ4n) is 3.29. The summed E-state index contributed by atoms with van der Waals surface area (Å²) in [5.41, 5.74) is 0.162. The lowest BCUT2D eigenvalue weighted by Gasteiger charge is -2.35. The van der Waals surface area contributed by atoms with E-state index in [4.69, 9.17) is 0 Å². The van der Waals surface area contributed by atoms with Crippen LogP contribution in [0.3, 0.4) is 0 Å². The predicted molar refractivity (Wildman–Crippen MR) is 86.9 cm³/mol. The fourth-order valence-corrected chi connectivity index (χ4v) is 3.75. The van der Waals surface area contributed by atoms with Crippen LogP contribution in [0.25, 0.3) is 0 Å². The number of halogens is 1. The molecule has 1 aromatic rings. The van der Waals surface area contributed by atoms with Crippen LogP contribution >= 0.6 is 15.9 Å². The Bertz CT molecular complexity index is 552. The Kier molecular flexibility index (Phi) is 4.39. The molecule has 0 saturated heterocycles. The first-order valence-electron chi connectivity index (χ1n) is 7.45. The molecule has 2 N–H and O–H groups in total. The van der Waals surface area contributed by atoms with E-state index >= 15 is 0 Å². The number of hydrogen-bond acceptors (Lipinski definition) is 2. The first kappa shape index (κ1) is 16.3. The Morgan fingerprint density at radius 3 is 2.24 bits per heavy atom. The molecule has 4 heteroatoms. The molecule has 3 nitrogen and oxygen atoms in total. The molecule has 1 aliphatic rings. The van der Waals surface area contributed by atoms with Gasteiger partial charge in [0.25, 0.3) is 0 Å². The molecule has 0 amide bonds. The number of aromatic hydroxyl groups is 1. The van der Waals surface area contributed by atoms with Crippen LogP contribution in [0.1, 0.15) is 64.0 Å². The van der Waals surface area contributed by atoms with Crippen molar-refractivity contribution in [3.05, 3.63) is 27.7 Å². The number of carbonyl (C=O) groups is 1. The van der Waals surface area contributed by atoms with Crippen molar-refractivity contribution >= 4 is 21.9 Å². The molecule has 0 atom stereocenters. The molecule has 0 bridgehead atoms. The quantitative estimate of drug-likeness (QED) is 0.806. The van der Waals surface area contributed by atoms with Crippen molar-refractivity contribution < 1.29 is 15.0 Å². The molecule has 1 fully saturated rings. The third kappa shape index (κ3) is 2.96. The van der Waals surface area contributed by atoms with E-state index < -0.39 is 11.4 Å². The Hall–Kier alpha value is -1.03. The van der Waals surface area contributed by atoms with Gasteiger partial charge in [0.05, 0.1) is 5.41 Å². The Morgan fingerprint density at radius 1 is 1.19 bits per heavy atom. The van der Waals surface area contributed by atoms with Crippen LogP contribution in [0.5, 0.6) is 5.75 Å². The Labute approximate surface area is 134 Å². The fraction of sp³-hybridized carbons (Fsp3) is 0.588. The van der Waals surface area contributed by atoms with Gasteiger partial charge in [0, 0.05) is 15.6 Å². The molecule has 0 unspecified atom stereocenters. The second-order valence-corrected chi connectivity index (χ2v) is 7.96. The molecule has 1 aliphatic carbocycles. The number of carboxylic acid groups (broad SMARTS) is 1. The van der Waals surface area contributed by atoms with Crippen molar-refractivity contribution in [3.8, 4) is 5.75 Å². The summed E-state index contributed by atoms with van der Waals surface area (Å²) in [6.07, 6.45) is 4.04. The lowest BCUT2D eigenvalue weighted by molar-refractivity contribution is -0.145. The number of benzene rings is 1. The number of hydrogen-bond donors (Lipinski definition) is 2. The van der Waals surface area contributed by atoms with Crippen LogP contribution in [0.2, 0.25) is 0 Å². The summed E-state index contributed by atoms with van der Waals surface area (Å²) in [6, 6.07) is 3.67. The van der Waals surface area contributed by atoms with Crippen molar-refractivity contribution in [2.24, 2.45) is 0 Å². The number of phenolic OH excluding ortho intramolecular Hbond substituents is 1. The zero-order chi connectivity index (χ0) is 15.8. The summed E-state index contributed by atoms with van der Waals surface area (Å²) in [6.45, 7) is 6.06. The van der Waals surface area contributed by atoms with Gasteiger partial charge in [0.1, 0.15) is 5.75 Å². The van der Waals surface area contributed by atoms with Crippen LogP contribution in [-0.2, 0) is 15.6 Å². The largest absolute Gasteiger partial charge is 0.507 e. The highest BCUT2D eigenvalue weighted by Crippen LogP contribution is 2.47. The van der Waals surface area contributed by atoms with Crippen molar-refractivity contribution in [3.63, 3.8) is 0 Å². The molecule has 0 spiro atoms. The maximum absolute atomic E-state index is 12.0. The summed E-state index contributed by atoms with van der Waals surface area (Å²) < 4.78 is 0.825. The second kappa shape index (κ2) is 5.64. The van der Waals surface area contributed by atoms with E-state index in [0.717, 1.165) is 29.3 Å². The number of rotatable bonds is 2. The van der Waals surface area contributed by atoms with Crippen LogP contribution in [0, 0.1) is 0 Å². The van der Waals surface area contributed by atoms with Crippen LogP contribution in [0.15, 0.2) is 16.6 Å². The SMILES string of the molecule is CC(C)(C)c1cc(Br)cc(C2(C(=O)O)CCCCC2)c1O. The lowest BCUT2D eigenvalue weighted by atomic mass is 9.68. The molecule has 1 saturated carbocycles. The van der Waals surface area contributed by atoms with Crippen molar-refractivity contribution in [2.45, 2.75) is 63.7 Å². The molecular formula is C17H23BrO3. The first-order valence-corrected chi connectivity index (χ1v) is 8.25.